The van der Waals surface area contributed by atoms with Crippen LogP contribution in [-0.2, 0) is 0 Å². The third-order valence-corrected chi connectivity index (χ3v) is 2.51. The zero-order valence-corrected chi connectivity index (χ0v) is 9.13. The average Bonchev–Trinajstić information content (AvgIpc) is 2.15. The monoisotopic (exact) mass is 239 g/mol. The van der Waals surface area contributed by atoms with Gasteiger partial charge in [-0.05, 0) is 30.5 Å². The van der Waals surface area contributed by atoms with E-state index in [2.05, 4.69) is 34.6 Å². The first-order valence-corrected chi connectivity index (χ1v) is 5.15. The molecule has 0 aliphatic heterocycles. The second-order valence-electron chi connectivity index (χ2n) is 3.02. The summed E-state index contributed by atoms with van der Waals surface area (Å²) in [5.74, 6) is 0. The molecule has 0 radical (unpaired) electrons. The molecule has 0 fully saturated rings. The molecule has 70 valence electrons. The predicted molar refractivity (Wildman–Crippen MR) is 60.5 cm³/mol. The van der Waals surface area contributed by atoms with Gasteiger partial charge in [0, 0.05) is 10.5 Å². The molecule has 0 spiro atoms. The van der Waals surface area contributed by atoms with Crippen LogP contribution < -0.4 is 5.73 Å². The summed E-state index contributed by atoms with van der Waals surface area (Å²) in [5, 5.41) is 0. The molecule has 0 amide bonds. The van der Waals surface area contributed by atoms with Crippen molar-refractivity contribution in [3.05, 3.63) is 47.0 Å². The Morgan fingerprint density at radius 2 is 2.00 bits per heavy atom. The SMILES string of the molecule is C=CCC[C@H](N)c1ccc(Br)cc1. The van der Waals surface area contributed by atoms with Gasteiger partial charge < -0.3 is 5.73 Å². The number of halogens is 1. The minimum absolute atomic E-state index is 0.131. The highest BCUT2D eigenvalue weighted by molar-refractivity contribution is 9.10. The van der Waals surface area contributed by atoms with E-state index in [4.69, 9.17) is 5.73 Å². The van der Waals surface area contributed by atoms with Gasteiger partial charge in [-0.1, -0.05) is 34.1 Å². The molecule has 0 saturated carbocycles. The summed E-state index contributed by atoms with van der Waals surface area (Å²) in [6.45, 7) is 3.68. The summed E-state index contributed by atoms with van der Waals surface area (Å²) in [5.41, 5.74) is 7.15. The van der Waals surface area contributed by atoms with E-state index in [-0.39, 0.29) is 6.04 Å². The van der Waals surface area contributed by atoms with E-state index < -0.39 is 0 Å². The maximum Gasteiger partial charge on any atom is 0.0297 e. The van der Waals surface area contributed by atoms with Crippen LogP contribution in [0.1, 0.15) is 24.4 Å². The van der Waals surface area contributed by atoms with Crippen molar-refractivity contribution in [2.24, 2.45) is 5.73 Å². The first-order valence-electron chi connectivity index (χ1n) is 4.36. The van der Waals surface area contributed by atoms with Crippen LogP contribution in [0, 0.1) is 0 Å². The number of hydrogen-bond donors (Lipinski definition) is 1. The first-order chi connectivity index (χ1) is 6.24. The molecule has 1 atom stereocenters. The minimum atomic E-state index is 0.131. The molecule has 0 saturated heterocycles. The molecule has 0 aliphatic rings. The number of rotatable bonds is 4. The Morgan fingerprint density at radius 1 is 1.38 bits per heavy atom. The van der Waals surface area contributed by atoms with E-state index in [0.29, 0.717) is 0 Å². The highest BCUT2D eigenvalue weighted by Gasteiger charge is 2.03. The van der Waals surface area contributed by atoms with E-state index >= 15 is 0 Å². The molecule has 0 aliphatic carbocycles. The molecule has 2 N–H and O–H groups in total. The molecule has 1 aromatic carbocycles. The fourth-order valence-corrected chi connectivity index (χ4v) is 1.44. The van der Waals surface area contributed by atoms with Gasteiger partial charge in [-0.3, -0.25) is 0 Å². The van der Waals surface area contributed by atoms with Gasteiger partial charge in [0.15, 0.2) is 0 Å². The molecule has 0 bridgehead atoms. The molecule has 1 rings (SSSR count). The van der Waals surface area contributed by atoms with Crippen molar-refractivity contribution in [1.29, 1.82) is 0 Å². The third kappa shape index (κ3) is 3.33. The molecular weight excluding hydrogens is 226 g/mol. The minimum Gasteiger partial charge on any atom is -0.324 e. The van der Waals surface area contributed by atoms with Crippen LogP contribution in [0.2, 0.25) is 0 Å². The maximum absolute atomic E-state index is 5.97. The van der Waals surface area contributed by atoms with E-state index in [1.54, 1.807) is 0 Å². The van der Waals surface area contributed by atoms with Gasteiger partial charge in [0.25, 0.3) is 0 Å². The summed E-state index contributed by atoms with van der Waals surface area (Å²) in [7, 11) is 0. The molecular formula is C11H14BrN. The smallest absolute Gasteiger partial charge is 0.0297 e. The summed E-state index contributed by atoms with van der Waals surface area (Å²) in [6, 6.07) is 8.27. The van der Waals surface area contributed by atoms with Gasteiger partial charge in [-0.25, -0.2) is 0 Å². The Labute approximate surface area is 87.8 Å². The van der Waals surface area contributed by atoms with Crippen LogP contribution >= 0.6 is 15.9 Å². The second-order valence-corrected chi connectivity index (χ2v) is 3.94. The summed E-state index contributed by atoms with van der Waals surface area (Å²) >= 11 is 3.39. The summed E-state index contributed by atoms with van der Waals surface area (Å²) < 4.78 is 1.09. The normalized spacial score (nSPS) is 12.5. The lowest BCUT2D eigenvalue weighted by atomic mass is 10.0. The van der Waals surface area contributed by atoms with Crippen LogP contribution in [0.3, 0.4) is 0 Å². The highest BCUT2D eigenvalue weighted by Crippen LogP contribution is 2.18. The standard InChI is InChI=1S/C11H14BrN/c1-2-3-4-11(13)9-5-7-10(12)8-6-9/h2,5-8,11H,1,3-4,13H2/t11-/m0/s1. The molecule has 0 heterocycles. The van der Waals surface area contributed by atoms with Crippen LogP contribution in [0.15, 0.2) is 41.4 Å². The third-order valence-electron chi connectivity index (χ3n) is 1.98. The fourth-order valence-electron chi connectivity index (χ4n) is 1.17. The number of nitrogens with two attached hydrogens (primary N) is 1. The first kappa shape index (κ1) is 10.5. The van der Waals surface area contributed by atoms with Gasteiger partial charge in [-0.2, -0.15) is 0 Å². The van der Waals surface area contributed by atoms with Gasteiger partial charge in [-0.15, -0.1) is 6.58 Å². The number of hydrogen-bond acceptors (Lipinski definition) is 1. The Morgan fingerprint density at radius 3 is 2.54 bits per heavy atom. The lowest BCUT2D eigenvalue weighted by molar-refractivity contribution is 0.661. The van der Waals surface area contributed by atoms with Crippen LogP contribution in [0.4, 0.5) is 0 Å². The van der Waals surface area contributed by atoms with Crippen molar-refractivity contribution in [3.63, 3.8) is 0 Å². The van der Waals surface area contributed by atoms with Crippen LogP contribution in [-0.4, -0.2) is 0 Å². The zero-order chi connectivity index (χ0) is 9.68. The molecule has 1 aromatic rings. The Bertz CT molecular complexity index is 266. The van der Waals surface area contributed by atoms with E-state index in [1.165, 1.54) is 5.56 Å². The molecule has 13 heavy (non-hydrogen) atoms. The predicted octanol–water partition coefficient (Wildman–Crippen LogP) is 3.42. The van der Waals surface area contributed by atoms with E-state index in [9.17, 15) is 0 Å². The van der Waals surface area contributed by atoms with Gasteiger partial charge in [0.05, 0.1) is 0 Å². The van der Waals surface area contributed by atoms with Crippen LogP contribution in [0.5, 0.6) is 0 Å². The Balaban J connectivity index is 2.60. The van der Waals surface area contributed by atoms with Gasteiger partial charge in [0.2, 0.25) is 0 Å². The maximum atomic E-state index is 5.97. The van der Waals surface area contributed by atoms with Crippen molar-refractivity contribution in [3.8, 4) is 0 Å². The number of allylic oxidation sites excluding steroid dienone is 1. The number of benzene rings is 1. The lowest BCUT2D eigenvalue weighted by Gasteiger charge is -2.10. The molecule has 2 heteroatoms. The molecule has 1 nitrogen and oxygen atoms in total. The second kappa shape index (κ2) is 5.20. The summed E-state index contributed by atoms with van der Waals surface area (Å²) in [6.07, 6.45) is 3.83. The molecule has 0 unspecified atom stereocenters. The van der Waals surface area contributed by atoms with Gasteiger partial charge >= 0.3 is 0 Å². The quantitative estimate of drug-likeness (QED) is 0.802. The topological polar surface area (TPSA) is 26.0 Å². The van der Waals surface area contributed by atoms with Crippen LogP contribution in [0.25, 0.3) is 0 Å². The average molecular weight is 240 g/mol. The Hall–Kier alpha value is -0.600. The fraction of sp³-hybridized carbons (Fsp3) is 0.273. The van der Waals surface area contributed by atoms with E-state index in [1.807, 2.05) is 18.2 Å². The highest BCUT2D eigenvalue weighted by atomic mass is 79.9. The molecule has 0 aromatic heterocycles. The van der Waals surface area contributed by atoms with E-state index in [0.717, 1.165) is 17.3 Å². The Kier molecular flexibility index (Phi) is 4.19. The van der Waals surface area contributed by atoms with Crippen molar-refractivity contribution in [1.82, 2.24) is 0 Å². The van der Waals surface area contributed by atoms with Crippen molar-refractivity contribution >= 4 is 15.9 Å². The zero-order valence-electron chi connectivity index (χ0n) is 7.54. The lowest BCUT2D eigenvalue weighted by Crippen LogP contribution is -2.09. The largest absolute Gasteiger partial charge is 0.324 e. The van der Waals surface area contributed by atoms with Crippen molar-refractivity contribution in [2.75, 3.05) is 0 Å². The van der Waals surface area contributed by atoms with Gasteiger partial charge in [0.1, 0.15) is 0 Å². The van der Waals surface area contributed by atoms with Crippen molar-refractivity contribution in [2.45, 2.75) is 18.9 Å². The summed E-state index contributed by atoms with van der Waals surface area (Å²) in [4.78, 5) is 0. The van der Waals surface area contributed by atoms with Crippen molar-refractivity contribution < 1.29 is 0 Å².